The minimum Gasteiger partial charge on any atom is -0.495 e. The SMILES string of the molecule is CCn1cc(C(C)=O)c2cccc(OC)c21. The molecule has 0 amide bonds. The van der Waals surface area contributed by atoms with Gasteiger partial charge < -0.3 is 9.30 Å². The van der Waals surface area contributed by atoms with Crippen LogP contribution in [-0.2, 0) is 6.54 Å². The number of methoxy groups -OCH3 is 1. The smallest absolute Gasteiger partial charge is 0.161 e. The molecule has 0 atom stereocenters. The summed E-state index contributed by atoms with van der Waals surface area (Å²) in [6, 6.07) is 5.78. The number of carbonyl (C=O) groups is 1. The lowest BCUT2D eigenvalue weighted by Gasteiger charge is -2.05. The summed E-state index contributed by atoms with van der Waals surface area (Å²) in [5.74, 6) is 0.900. The topological polar surface area (TPSA) is 31.2 Å². The molecule has 1 aromatic carbocycles. The number of aromatic nitrogens is 1. The molecule has 0 fully saturated rings. The summed E-state index contributed by atoms with van der Waals surface area (Å²) < 4.78 is 7.38. The maximum absolute atomic E-state index is 11.5. The Bertz CT molecular complexity index is 540. The van der Waals surface area contributed by atoms with Crippen LogP contribution in [0.25, 0.3) is 10.9 Å². The van der Waals surface area contributed by atoms with Gasteiger partial charge in [0.15, 0.2) is 5.78 Å². The van der Waals surface area contributed by atoms with Crippen molar-refractivity contribution in [3.05, 3.63) is 30.0 Å². The number of nitrogens with zero attached hydrogens (tertiary/aromatic N) is 1. The van der Waals surface area contributed by atoms with Gasteiger partial charge in [0.25, 0.3) is 0 Å². The van der Waals surface area contributed by atoms with E-state index in [1.165, 1.54) is 0 Å². The third-order valence-corrected chi connectivity index (χ3v) is 2.80. The summed E-state index contributed by atoms with van der Waals surface area (Å²) in [5, 5.41) is 0.966. The Morgan fingerprint density at radius 2 is 2.19 bits per heavy atom. The monoisotopic (exact) mass is 217 g/mol. The summed E-state index contributed by atoms with van der Waals surface area (Å²) >= 11 is 0. The lowest BCUT2D eigenvalue weighted by Crippen LogP contribution is -1.94. The summed E-state index contributed by atoms with van der Waals surface area (Å²) in [4.78, 5) is 11.5. The number of benzene rings is 1. The van der Waals surface area contributed by atoms with E-state index >= 15 is 0 Å². The van der Waals surface area contributed by atoms with Crippen LogP contribution in [-0.4, -0.2) is 17.5 Å². The number of hydrogen-bond donors (Lipinski definition) is 0. The van der Waals surface area contributed by atoms with E-state index < -0.39 is 0 Å². The average Bonchev–Trinajstić information content (AvgIpc) is 2.67. The van der Waals surface area contributed by atoms with Gasteiger partial charge in [0, 0.05) is 23.7 Å². The van der Waals surface area contributed by atoms with Crippen LogP contribution in [0.1, 0.15) is 24.2 Å². The van der Waals surface area contributed by atoms with Gasteiger partial charge in [0.05, 0.1) is 12.6 Å². The maximum Gasteiger partial charge on any atom is 0.161 e. The number of hydrogen-bond acceptors (Lipinski definition) is 2. The number of Topliss-reactive ketones (excluding diaryl/α,β-unsaturated/α-hetero) is 1. The minimum absolute atomic E-state index is 0.0884. The van der Waals surface area contributed by atoms with Crippen LogP contribution in [0.15, 0.2) is 24.4 Å². The van der Waals surface area contributed by atoms with E-state index in [1.807, 2.05) is 29.0 Å². The van der Waals surface area contributed by atoms with E-state index in [4.69, 9.17) is 4.74 Å². The highest BCUT2D eigenvalue weighted by atomic mass is 16.5. The lowest BCUT2D eigenvalue weighted by molar-refractivity contribution is 0.101. The Hall–Kier alpha value is -1.77. The van der Waals surface area contributed by atoms with Crippen LogP contribution in [0.4, 0.5) is 0 Å². The van der Waals surface area contributed by atoms with Gasteiger partial charge in [-0.2, -0.15) is 0 Å². The molecule has 3 heteroatoms. The predicted octanol–water partition coefficient (Wildman–Crippen LogP) is 2.87. The molecule has 3 nitrogen and oxygen atoms in total. The quantitative estimate of drug-likeness (QED) is 0.740. The van der Waals surface area contributed by atoms with Gasteiger partial charge in [-0.25, -0.2) is 0 Å². The van der Waals surface area contributed by atoms with Crippen LogP contribution in [0, 0.1) is 0 Å². The molecule has 84 valence electrons. The van der Waals surface area contributed by atoms with E-state index in [-0.39, 0.29) is 5.78 Å². The molecule has 2 rings (SSSR count). The van der Waals surface area contributed by atoms with E-state index in [1.54, 1.807) is 14.0 Å². The van der Waals surface area contributed by atoms with E-state index in [0.29, 0.717) is 0 Å². The van der Waals surface area contributed by atoms with E-state index in [2.05, 4.69) is 6.92 Å². The normalized spacial score (nSPS) is 10.7. The van der Waals surface area contributed by atoms with Crippen molar-refractivity contribution in [1.29, 1.82) is 0 Å². The first kappa shape index (κ1) is 10.7. The Labute approximate surface area is 94.6 Å². The zero-order chi connectivity index (χ0) is 11.7. The average molecular weight is 217 g/mol. The zero-order valence-corrected chi connectivity index (χ0v) is 9.78. The number of rotatable bonds is 3. The third-order valence-electron chi connectivity index (χ3n) is 2.80. The van der Waals surface area contributed by atoms with Gasteiger partial charge in [-0.05, 0) is 19.9 Å². The number of ketones is 1. The molecule has 0 spiro atoms. The van der Waals surface area contributed by atoms with Crippen LogP contribution < -0.4 is 4.74 Å². The first-order chi connectivity index (χ1) is 7.69. The molecular weight excluding hydrogens is 202 g/mol. The molecule has 1 heterocycles. The second kappa shape index (κ2) is 4.00. The highest BCUT2D eigenvalue weighted by molar-refractivity contribution is 6.08. The Balaban J connectivity index is 2.84. The van der Waals surface area contributed by atoms with Crippen LogP contribution in [0.3, 0.4) is 0 Å². The zero-order valence-electron chi connectivity index (χ0n) is 9.78. The Morgan fingerprint density at radius 1 is 1.44 bits per heavy atom. The van der Waals surface area contributed by atoms with Gasteiger partial charge >= 0.3 is 0 Å². The molecule has 2 aromatic rings. The van der Waals surface area contributed by atoms with Gasteiger partial charge in [0.1, 0.15) is 5.75 Å². The second-order valence-corrected chi connectivity index (χ2v) is 3.74. The highest BCUT2D eigenvalue weighted by Gasteiger charge is 2.14. The molecule has 0 saturated heterocycles. The molecule has 1 aromatic heterocycles. The van der Waals surface area contributed by atoms with Crippen LogP contribution in [0.5, 0.6) is 5.75 Å². The number of carbonyl (C=O) groups excluding carboxylic acids is 1. The maximum atomic E-state index is 11.5. The number of aryl methyl sites for hydroxylation is 1. The Morgan fingerprint density at radius 3 is 2.75 bits per heavy atom. The van der Waals surface area contributed by atoms with Crippen molar-refractivity contribution in [1.82, 2.24) is 4.57 Å². The number of fused-ring (bicyclic) bond motifs is 1. The third kappa shape index (κ3) is 1.48. The molecule has 0 radical (unpaired) electrons. The summed E-state index contributed by atoms with van der Waals surface area (Å²) in [7, 11) is 1.65. The fourth-order valence-corrected chi connectivity index (χ4v) is 2.02. The predicted molar refractivity (Wildman–Crippen MR) is 64.2 cm³/mol. The van der Waals surface area contributed by atoms with E-state index in [9.17, 15) is 4.79 Å². The van der Waals surface area contributed by atoms with Crippen molar-refractivity contribution in [3.8, 4) is 5.75 Å². The molecule has 16 heavy (non-hydrogen) atoms. The largest absolute Gasteiger partial charge is 0.495 e. The lowest BCUT2D eigenvalue weighted by atomic mass is 10.1. The standard InChI is InChI=1S/C13H15NO2/c1-4-14-8-11(9(2)15)10-6-5-7-12(16-3)13(10)14/h5-8H,4H2,1-3H3. The number of para-hydroxylation sites is 1. The molecule has 0 saturated carbocycles. The van der Waals surface area contributed by atoms with Crippen molar-refractivity contribution in [2.24, 2.45) is 0 Å². The summed E-state index contributed by atoms with van der Waals surface area (Å²) in [5.41, 5.74) is 1.76. The van der Waals surface area contributed by atoms with Gasteiger partial charge in [-0.3, -0.25) is 4.79 Å². The molecule has 0 N–H and O–H groups in total. The summed E-state index contributed by atoms with van der Waals surface area (Å²) in [6.07, 6.45) is 1.90. The van der Waals surface area contributed by atoms with Gasteiger partial charge in [-0.1, -0.05) is 12.1 Å². The molecule has 0 unspecified atom stereocenters. The Kier molecular flexibility index (Phi) is 2.69. The van der Waals surface area contributed by atoms with Gasteiger partial charge in [-0.15, -0.1) is 0 Å². The number of ether oxygens (including phenoxy) is 1. The minimum atomic E-state index is 0.0884. The molecule has 0 bridgehead atoms. The molecule has 0 aliphatic heterocycles. The van der Waals surface area contributed by atoms with Crippen LogP contribution >= 0.6 is 0 Å². The van der Waals surface area contributed by atoms with Crippen molar-refractivity contribution in [2.75, 3.05) is 7.11 Å². The van der Waals surface area contributed by atoms with Gasteiger partial charge in [0.2, 0.25) is 0 Å². The second-order valence-electron chi connectivity index (χ2n) is 3.74. The van der Waals surface area contributed by atoms with Crippen LogP contribution in [0.2, 0.25) is 0 Å². The first-order valence-corrected chi connectivity index (χ1v) is 5.35. The fourth-order valence-electron chi connectivity index (χ4n) is 2.02. The van der Waals surface area contributed by atoms with Crippen molar-refractivity contribution in [2.45, 2.75) is 20.4 Å². The summed E-state index contributed by atoms with van der Waals surface area (Å²) in [6.45, 7) is 4.47. The van der Waals surface area contributed by atoms with Crippen molar-refractivity contribution in [3.63, 3.8) is 0 Å². The molecule has 0 aliphatic carbocycles. The first-order valence-electron chi connectivity index (χ1n) is 5.35. The molecular formula is C13H15NO2. The van der Waals surface area contributed by atoms with E-state index in [0.717, 1.165) is 28.8 Å². The van der Waals surface area contributed by atoms with Crippen molar-refractivity contribution < 1.29 is 9.53 Å². The van der Waals surface area contributed by atoms with Crippen molar-refractivity contribution >= 4 is 16.7 Å². The molecule has 0 aliphatic rings. The highest BCUT2D eigenvalue weighted by Crippen LogP contribution is 2.29. The fraction of sp³-hybridized carbons (Fsp3) is 0.308.